The predicted molar refractivity (Wildman–Crippen MR) is 138 cm³/mol. The number of thiazole rings is 1. The highest BCUT2D eigenvalue weighted by Gasteiger charge is 2.24. The van der Waals surface area contributed by atoms with E-state index in [1.807, 2.05) is 13.0 Å². The van der Waals surface area contributed by atoms with Gasteiger partial charge in [-0.25, -0.2) is 12.8 Å². The maximum Gasteiger partial charge on any atom is 0.251 e. The van der Waals surface area contributed by atoms with Crippen LogP contribution in [0.1, 0.15) is 17.3 Å². The van der Waals surface area contributed by atoms with Crippen LogP contribution in [0.4, 0.5) is 4.39 Å². The minimum atomic E-state index is -3.19. The van der Waals surface area contributed by atoms with Crippen molar-refractivity contribution in [3.05, 3.63) is 64.5 Å². The van der Waals surface area contributed by atoms with Gasteiger partial charge in [-0.05, 0) is 54.4 Å². The predicted octanol–water partition coefficient (Wildman–Crippen LogP) is 3.97. The number of hydrogen-bond acceptors (Lipinski definition) is 6. The van der Waals surface area contributed by atoms with Crippen LogP contribution in [0.5, 0.6) is 0 Å². The minimum Gasteiger partial charge on any atom is -0.348 e. The normalized spacial score (nSPS) is 16.2. The number of nitrogens with one attached hydrogen (secondary N) is 1. The van der Waals surface area contributed by atoms with Crippen molar-refractivity contribution in [1.82, 2.24) is 19.5 Å². The Balaban J connectivity index is 1.51. The third-order valence-electron chi connectivity index (χ3n) is 5.86. The standard InChI is InChI=1S/C24H26ClFN4O3S2/c1-16(14-29-5-7-30(8-6-29)35(2,32)33)28-24(31)19-10-17(21-4-3-20(26)12-22(21)25)9-18(11-19)23-13-27-15-34-23/h3-4,9-13,15-16H,5-8,14H2,1-2H3,(H,28,31)/t16-/m1/s1. The van der Waals surface area contributed by atoms with Gasteiger partial charge in [0.25, 0.3) is 5.91 Å². The number of rotatable bonds is 7. The van der Waals surface area contributed by atoms with E-state index in [1.165, 1.54) is 34.0 Å². The molecule has 7 nitrogen and oxygen atoms in total. The highest BCUT2D eigenvalue weighted by atomic mass is 35.5. The zero-order valence-corrected chi connectivity index (χ0v) is 21.8. The van der Waals surface area contributed by atoms with Crippen molar-refractivity contribution in [3.63, 3.8) is 0 Å². The summed E-state index contributed by atoms with van der Waals surface area (Å²) in [5.41, 5.74) is 4.33. The number of hydrogen-bond donors (Lipinski definition) is 1. The van der Waals surface area contributed by atoms with Crippen molar-refractivity contribution in [3.8, 4) is 21.6 Å². The van der Waals surface area contributed by atoms with Gasteiger partial charge in [0.1, 0.15) is 5.82 Å². The van der Waals surface area contributed by atoms with Gasteiger partial charge < -0.3 is 5.32 Å². The number of aromatic nitrogens is 1. The molecule has 0 spiro atoms. The molecule has 0 radical (unpaired) electrons. The molecule has 0 aliphatic carbocycles. The van der Waals surface area contributed by atoms with E-state index >= 15 is 0 Å². The van der Waals surface area contributed by atoms with Gasteiger partial charge in [0.2, 0.25) is 10.0 Å². The summed E-state index contributed by atoms with van der Waals surface area (Å²) in [6.45, 7) is 4.64. The van der Waals surface area contributed by atoms with E-state index in [-0.39, 0.29) is 17.0 Å². The molecule has 1 aromatic heterocycles. The van der Waals surface area contributed by atoms with Crippen LogP contribution in [-0.4, -0.2) is 73.5 Å². The second-order valence-electron chi connectivity index (χ2n) is 8.63. The number of carbonyl (C=O) groups is 1. The van der Waals surface area contributed by atoms with Crippen molar-refractivity contribution in [2.75, 3.05) is 39.0 Å². The van der Waals surface area contributed by atoms with Gasteiger partial charge in [-0.15, -0.1) is 11.3 Å². The molecular weight excluding hydrogens is 511 g/mol. The van der Waals surface area contributed by atoms with E-state index in [0.29, 0.717) is 49.4 Å². The Kier molecular flexibility index (Phi) is 7.87. The average Bonchev–Trinajstić information content (AvgIpc) is 3.33. The second-order valence-corrected chi connectivity index (χ2v) is 11.9. The number of carbonyl (C=O) groups excluding carboxylic acids is 1. The highest BCUT2D eigenvalue weighted by Crippen LogP contribution is 2.34. The monoisotopic (exact) mass is 536 g/mol. The van der Waals surface area contributed by atoms with E-state index < -0.39 is 15.8 Å². The van der Waals surface area contributed by atoms with Crippen LogP contribution in [0.2, 0.25) is 5.02 Å². The lowest BCUT2D eigenvalue weighted by Crippen LogP contribution is -2.51. The van der Waals surface area contributed by atoms with Gasteiger partial charge in [-0.1, -0.05) is 11.6 Å². The number of amides is 1. The fraction of sp³-hybridized carbons (Fsp3) is 0.333. The molecule has 1 N–H and O–H groups in total. The Hall–Kier alpha value is -2.37. The summed E-state index contributed by atoms with van der Waals surface area (Å²) >= 11 is 7.76. The number of piperazine rings is 1. The van der Waals surface area contributed by atoms with Crippen molar-refractivity contribution in [1.29, 1.82) is 0 Å². The summed E-state index contributed by atoms with van der Waals surface area (Å²) in [5.74, 6) is -0.667. The maximum absolute atomic E-state index is 13.6. The lowest BCUT2D eigenvalue weighted by Gasteiger charge is -2.34. The molecule has 186 valence electrons. The molecule has 0 bridgehead atoms. The first-order valence-corrected chi connectivity index (χ1v) is 14.2. The molecule has 35 heavy (non-hydrogen) atoms. The molecule has 1 amide bonds. The van der Waals surface area contributed by atoms with E-state index in [4.69, 9.17) is 11.6 Å². The molecular formula is C24H26ClFN4O3S2. The van der Waals surface area contributed by atoms with Gasteiger partial charge in [0.15, 0.2) is 0 Å². The molecule has 2 aromatic carbocycles. The molecule has 1 saturated heterocycles. The molecule has 1 aliphatic heterocycles. The summed E-state index contributed by atoms with van der Waals surface area (Å²) < 4.78 is 38.5. The first-order valence-electron chi connectivity index (χ1n) is 11.1. The van der Waals surface area contributed by atoms with Crippen LogP contribution in [0.25, 0.3) is 21.6 Å². The van der Waals surface area contributed by atoms with Crippen molar-refractivity contribution in [2.45, 2.75) is 13.0 Å². The SMILES string of the molecule is C[C@H](CN1CCN(S(C)(=O)=O)CC1)NC(=O)c1cc(-c2cncs2)cc(-c2ccc(F)cc2Cl)c1. The lowest BCUT2D eigenvalue weighted by molar-refractivity contribution is 0.0922. The fourth-order valence-corrected chi connectivity index (χ4v) is 5.84. The quantitative estimate of drug-likeness (QED) is 0.494. The second kappa shape index (κ2) is 10.7. The number of sulfonamides is 1. The number of nitrogens with zero attached hydrogens (tertiary/aromatic N) is 3. The first-order chi connectivity index (χ1) is 16.6. The van der Waals surface area contributed by atoms with Gasteiger partial charge >= 0.3 is 0 Å². The molecule has 4 rings (SSSR count). The molecule has 1 atom stereocenters. The van der Waals surface area contributed by atoms with Gasteiger partial charge in [0.05, 0.1) is 21.7 Å². The van der Waals surface area contributed by atoms with E-state index in [1.54, 1.807) is 29.9 Å². The molecule has 1 aliphatic rings. The molecule has 0 unspecified atom stereocenters. The Morgan fingerprint density at radius 2 is 1.89 bits per heavy atom. The lowest BCUT2D eigenvalue weighted by atomic mass is 9.98. The molecule has 1 fully saturated rings. The maximum atomic E-state index is 13.6. The van der Waals surface area contributed by atoms with Crippen molar-refractivity contribution < 1.29 is 17.6 Å². The summed E-state index contributed by atoms with van der Waals surface area (Å²) in [6, 6.07) is 9.50. The van der Waals surface area contributed by atoms with E-state index in [9.17, 15) is 17.6 Å². The Labute approximate surface area is 213 Å². The van der Waals surface area contributed by atoms with E-state index in [0.717, 1.165) is 10.4 Å². The molecule has 3 aromatic rings. The van der Waals surface area contributed by atoms with E-state index in [2.05, 4.69) is 15.2 Å². The average molecular weight is 537 g/mol. The fourth-order valence-electron chi connectivity index (χ4n) is 4.12. The molecule has 2 heterocycles. The summed E-state index contributed by atoms with van der Waals surface area (Å²) in [6.07, 6.45) is 2.95. The van der Waals surface area contributed by atoms with Gasteiger partial charge in [-0.2, -0.15) is 4.31 Å². The van der Waals surface area contributed by atoms with Crippen LogP contribution >= 0.6 is 22.9 Å². The summed E-state index contributed by atoms with van der Waals surface area (Å²) in [5, 5.41) is 3.31. The Morgan fingerprint density at radius 1 is 1.17 bits per heavy atom. The topological polar surface area (TPSA) is 82.6 Å². The third kappa shape index (κ3) is 6.45. The summed E-state index contributed by atoms with van der Waals surface area (Å²) in [4.78, 5) is 20.4. The smallest absolute Gasteiger partial charge is 0.251 e. The van der Waals surface area contributed by atoms with Gasteiger partial charge in [-0.3, -0.25) is 14.7 Å². The first kappa shape index (κ1) is 25.7. The molecule has 0 saturated carbocycles. The molecule has 11 heteroatoms. The Bertz CT molecular complexity index is 1310. The third-order valence-corrected chi connectivity index (χ3v) is 8.30. The number of halogens is 2. The van der Waals surface area contributed by atoms with Crippen LogP contribution in [0, 0.1) is 5.82 Å². The highest BCUT2D eigenvalue weighted by molar-refractivity contribution is 7.88. The van der Waals surface area contributed by atoms with Crippen molar-refractivity contribution >= 4 is 38.9 Å². The Morgan fingerprint density at radius 3 is 2.51 bits per heavy atom. The van der Waals surface area contributed by atoms with Crippen LogP contribution in [0.3, 0.4) is 0 Å². The van der Waals surface area contributed by atoms with Crippen molar-refractivity contribution in [2.24, 2.45) is 0 Å². The van der Waals surface area contributed by atoms with Crippen LogP contribution < -0.4 is 5.32 Å². The minimum absolute atomic E-state index is 0.155. The van der Waals surface area contributed by atoms with Gasteiger partial charge in [0, 0.05) is 56.1 Å². The largest absolute Gasteiger partial charge is 0.348 e. The zero-order chi connectivity index (χ0) is 25.2. The zero-order valence-electron chi connectivity index (χ0n) is 19.4. The summed E-state index contributed by atoms with van der Waals surface area (Å²) in [7, 11) is -3.19. The van der Waals surface area contributed by atoms with Crippen LogP contribution in [-0.2, 0) is 10.0 Å². The van der Waals surface area contributed by atoms with Crippen LogP contribution in [0.15, 0.2) is 48.1 Å². The number of benzene rings is 2.